The molecule has 0 bridgehead atoms. The number of aromatic nitrogens is 2. The zero-order valence-corrected chi connectivity index (χ0v) is 17.3. The first-order chi connectivity index (χ1) is 14.4. The highest BCUT2D eigenvalue weighted by Crippen LogP contribution is 2.28. The van der Waals surface area contributed by atoms with Gasteiger partial charge < -0.3 is 9.47 Å². The Morgan fingerprint density at radius 2 is 1.57 bits per heavy atom. The minimum absolute atomic E-state index is 0.0264. The molecule has 2 amide bonds. The number of rotatable bonds is 6. The molecule has 2 aromatic carbocycles. The van der Waals surface area contributed by atoms with Crippen molar-refractivity contribution in [3.05, 3.63) is 71.5 Å². The lowest BCUT2D eigenvalue weighted by Crippen LogP contribution is -2.41. The Morgan fingerprint density at radius 1 is 0.933 bits per heavy atom. The lowest BCUT2D eigenvalue weighted by Gasteiger charge is -2.14. The van der Waals surface area contributed by atoms with Crippen molar-refractivity contribution in [2.24, 2.45) is 0 Å². The van der Waals surface area contributed by atoms with E-state index < -0.39 is 11.8 Å². The van der Waals surface area contributed by atoms with Crippen LogP contribution in [0.25, 0.3) is 5.69 Å². The van der Waals surface area contributed by atoms with Gasteiger partial charge in [-0.2, -0.15) is 5.10 Å². The molecule has 3 aromatic rings. The maximum Gasteiger partial charge on any atom is 0.269 e. The highest BCUT2D eigenvalue weighted by Gasteiger charge is 2.14. The molecular formula is C22H24N4O4. The number of aryl methyl sites for hydroxylation is 1. The maximum absolute atomic E-state index is 12.4. The summed E-state index contributed by atoms with van der Waals surface area (Å²) in [5, 5.41) is 4.23. The number of nitrogens with one attached hydrogen (secondary N) is 2. The van der Waals surface area contributed by atoms with Gasteiger partial charge in [-0.05, 0) is 69.3 Å². The zero-order chi connectivity index (χ0) is 21.7. The van der Waals surface area contributed by atoms with E-state index in [0.717, 1.165) is 11.4 Å². The number of benzene rings is 2. The number of hydrazine groups is 1. The van der Waals surface area contributed by atoms with Gasteiger partial charge in [-0.3, -0.25) is 20.4 Å². The minimum Gasteiger partial charge on any atom is -0.493 e. The van der Waals surface area contributed by atoms with E-state index in [1.54, 1.807) is 53.3 Å². The molecule has 0 aliphatic heterocycles. The number of ether oxygens (including phenoxy) is 2. The summed E-state index contributed by atoms with van der Waals surface area (Å²) in [5.74, 6) is 0.0770. The van der Waals surface area contributed by atoms with Crippen molar-refractivity contribution in [1.82, 2.24) is 20.6 Å². The van der Waals surface area contributed by atoms with E-state index in [1.165, 1.54) is 7.11 Å². The molecule has 0 saturated carbocycles. The van der Waals surface area contributed by atoms with Crippen molar-refractivity contribution >= 4 is 11.8 Å². The van der Waals surface area contributed by atoms with Gasteiger partial charge in [0.25, 0.3) is 11.8 Å². The van der Waals surface area contributed by atoms with Crippen LogP contribution in [0.15, 0.2) is 54.7 Å². The molecule has 0 unspecified atom stereocenters. The molecule has 0 saturated heterocycles. The van der Waals surface area contributed by atoms with E-state index in [0.29, 0.717) is 22.6 Å². The Kier molecular flexibility index (Phi) is 6.36. The first-order valence-electron chi connectivity index (χ1n) is 9.45. The molecule has 8 heteroatoms. The fourth-order valence-electron chi connectivity index (χ4n) is 2.81. The third-order valence-corrected chi connectivity index (χ3v) is 4.28. The molecule has 30 heavy (non-hydrogen) atoms. The molecule has 0 aliphatic carbocycles. The largest absolute Gasteiger partial charge is 0.493 e. The normalized spacial score (nSPS) is 10.6. The summed E-state index contributed by atoms with van der Waals surface area (Å²) in [4.78, 5) is 24.7. The van der Waals surface area contributed by atoms with Crippen molar-refractivity contribution in [2.75, 3.05) is 7.11 Å². The Labute approximate surface area is 174 Å². The second-order valence-electron chi connectivity index (χ2n) is 6.87. The van der Waals surface area contributed by atoms with Gasteiger partial charge in [-0.1, -0.05) is 0 Å². The van der Waals surface area contributed by atoms with Crippen LogP contribution in [-0.4, -0.2) is 34.8 Å². The van der Waals surface area contributed by atoms with Crippen LogP contribution in [0, 0.1) is 6.92 Å². The Hall–Kier alpha value is -3.81. The van der Waals surface area contributed by atoms with Gasteiger partial charge in [0.15, 0.2) is 11.5 Å². The van der Waals surface area contributed by atoms with Crippen molar-refractivity contribution in [3.63, 3.8) is 0 Å². The molecule has 0 spiro atoms. The molecule has 156 valence electrons. The quantitative estimate of drug-likeness (QED) is 0.612. The van der Waals surface area contributed by atoms with Crippen molar-refractivity contribution in [3.8, 4) is 17.2 Å². The lowest BCUT2D eigenvalue weighted by molar-refractivity contribution is 0.0846. The van der Waals surface area contributed by atoms with E-state index in [-0.39, 0.29) is 6.10 Å². The van der Waals surface area contributed by atoms with Crippen LogP contribution in [0.3, 0.4) is 0 Å². The number of carbonyl (C=O) groups excluding carboxylic acids is 2. The van der Waals surface area contributed by atoms with Gasteiger partial charge in [-0.15, -0.1) is 0 Å². The molecule has 0 atom stereocenters. The first kappa shape index (κ1) is 20.9. The lowest BCUT2D eigenvalue weighted by atomic mass is 10.2. The van der Waals surface area contributed by atoms with Gasteiger partial charge in [0.05, 0.1) is 18.9 Å². The number of hydrogen-bond acceptors (Lipinski definition) is 5. The molecular weight excluding hydrogens is 384 g/mol. The van der Waals surface area contributed by atoms with Crippen LogP contribution in [0.5, 0.6) is 11.5 Å². The standard InChI is InChI=1S/C22H24N4O4/c1-14(2)30-19-10-7-17(13-20(19)29-4)22(28)25-24-21(27)16-5-8-18(9-6-16)26-15(3)11-12-23-26/h5-14H,1-4H3,(H,24,27)(H,25,28). The molecule has 2 N–H and O–H groups in total. The van der Waals surface area contributed by atoms with Crippen LogP contribution in [0.4, 0.5) is 0 Å². The zero-order valence-electron chi connectivity index (χ0n) is 17.3. The molecule has 0 fully saturated rings. The Bertz CT molecular complexity index is 1040. The van der Waals surface area contributed by atoms with Gasteiger partial charge in [0.2, 0.25) is 0 Å². The molecule has 0 aliphatic rings. The van der Waals surface area contributed by atoms with Crippen LogP contribution in [0.1, 0.15) is 40.3 Å². The SMILES string of the molecule is COc1cc(C(=O)NNC(=O)c2ccc(-n3nccc3C)cc2)ccc1OC(C)C. The van der Waals surface area contributed by atoms with Gasteiger partial charge in [0, 0.05) is 23.0 Å². The van der Waals surface area contributed by atoms with Gasteiger partial charge in [0.1, 0.15) is 0 Å². The summed E-state index contributed by atoms with van der Waals surface area (Å²) in [6, 6.07) is 13.6. The monoisotopic (exact) mass is 408 g/mol. The van der Waals surface area contributed by atoms with Crippen LogP contribution in [-0.2, 0) is 0 Å². The van der Waals surface area contributed by atoms with E-state index >= 15 is 0 Å². The topological polar surface area (TPSA) is 94.5 Å². The van der Waals surface area contributed by atoms with E-state index in [2.05, 4.69) is 16.0 Å². The second-order valence-corrected chi connectivity index (χ2v) is 6.87. The number of methoxy groups -OCH3 is 1. The predicted molar refractivity (Wildman–Crippen MR) is 112 cm³/mol. The summed E-state index contributed by atoms with van der Waals surface area (Å²) in [7, 11) is 1.50. The van der Waals surface area contributed by atoms with E-state index in [1.807, 2.05) is 26.8 Å². The van der Waals surface area contributed by atoms with Crippen molar-refractivity contribution in [2.45, 2.75) is 26.9 Å². The molecule has 8 nitrogen and oxygen atoms in total. The number of hydrogen-bond donors (Lipinski definition) is 2. The maximum atomic E-state index is 12.4. The summed E-state index contributed by atoms with van der Waals surface area (Å²) in [6.45, 7) is 5.75. The fraction of sp³-hybridized carbons (Fsp3) is 0.227. The summed E-state index contributed by atoms with van der Waals surface area (Å²) in [6.07, 6.45) is 1.68. The third kappa shape index (κ3) is 4.78. The summed E-state index contributed by atoms with van der Waals surface area (Å²) >= 11 is 0. The van der Waals surface area contributed by atoms with Crippen molar-refractivity contribution < 1.29 is 19.1 Å². The van der Waals surface area contributed by atoms with Crippen LogP contribution >= 0.6 is 0 Å². The Balaban J connectivity index is 1.63. The molecule has 3 rings (SSSR count). The summed E-state index contributed by atoms with van der Waals surface area (Å²) in [5.41, 5.74) is 7.38. The number of carbonyl (C=O) groups is 2. The molecule has 1 heterocycles. The molecule has 0 radical (unpaired) electrons. The highest BCUT2D eigenvalue weighted by molar-refractivity contribution is 5.99. The minimum atomic E-state index is -0.471. The fourth-order valence-corrected chi connectivity index (χ4v) is 2.81. The third-order valence-electron chi connectivity index (χ3n) is 4.28. The number of amides is 2. The Morgan fingerprint density at radius 3 is 2.13 bits per heavy atom. The molecule has 1 aromatic heterocycles. The summed E-state index contributed by atoms with van der Waals surface area (Å²) < 4.78 is 12.7. The van der Waals surface area contributed by atoms with E-state index in [9.17, 15) is 9.59 Å². The first-order valence-corrected chi connectivity index (χ1v) is 9.45. The van der Waals surface area contributed by atoms with E-state index in [4.69, 9.17) is 9.47 Å². The second kappa shape index (κ2) is 9.13. The predicted octanol–water partition coefficient (Wildman–Crippen LogP) is 3.05. The average molecular weight is 408 g/mol. The van der Waals surface area contributed by atoms with Crippen LogP contribution < -0.4 is 20.3 Å². The number of nitrogens with zero attached hydrogens (tertiary/aromatic N) is 2. The average Bonchev–Trinajstić information content (AvgIpc) is 3.17. The van der Waals surface area contributed by atoms with Crippen molar-refractivity contribution in [1.29, 1.82) is 0 Å². The smallest absolute Gasteiger partial charge is 0.269 e. The highest BCUT2D eigenvalue weighted by atomic mass is 16.5. The van der Waals surface area contributed by atoms with Crippen LogP contribution in [0.2, 0.25) is 0 Å². The van der Waals surface area contributed by atoms with Gasteiger partial charge in [-0.25, -0.2) is 4.68 Å². The van der Waals surface area contributed by atoms with Gasteiger partial charge >= 0.3 is 0 Å².